The molecule has 1 atom stereocenters. The standard InChI is InChI=1S/C32H49ClN4O5/c1-7-24(2)8-9-27(19-26(4)33)35-32-25(3)18-29(38-6)20-28(10-12-34-23-36(32)5)42-22-30-21-37(14-15-39-30)13-11-31-40-16-17-41-31/h8-10,12,18-19,30-31,35H,7,11,13-17,20-23H2,1-6H3/b24-8+,26-19+,27-9+,28-10+,29-18+,32-25+,34-12+. The van der Waals surface area contributed by atoms with Crippen LogP contribution in [0, 0.1) is 0 Å². The predicted octanol–water partition coefficient (Wildman–Crippen LogP) is 5.45. The van der Waals surface area contributed by atoms with E-state index < -0.39 is 0 Å². The molecule has 234 valence electrons. The molecule has 3 rings (SSSR count). The number of hydrogen-bond donors (Lipinski definition) is 1. The largest absolute Gasteiger partial charge is 0.501 e. The number of ether oxygens (including phenoxy) is 5. The van der Waals surface area contributed by atoms with Gasteiger partial charge < -0.3 is 33.9 Å². The van der Waals surface area contributed by atoms with Crippen LogP contribution in [0.15, 0.2) is 74.6 Å². The molecule has 0 aliphatic carbocycles. The first-order valence-electron chi connectivity index (χ1n) is 14.8. The number of aliphatic imine (C=N–C) groups is 1. The van der Waals surface area contributed by atoms with Crippen LogP contribution in [-0.2, 0) is 23.7 Å². The third-order valence-corrected chi connectivity index (χ3v) is 7.28. The zero-order chi connectivity index (χ0) is 30.3. The Bertz CT molecular complexity index is 1080. The fourth-order valence-corrected chi connectivity index (χ4v) is 4.78. The Labute approximate surface area is 257 Å². The maximum absolute atomic E-state index is 6.28. The SMILES string of the molecule is CC/C(C)=C/C=C(\C=C(/C)Cl)N/C1=C(C)\C=C(\OC)C/C(OCC2CN(CCC3OCCO3)CCO2)=C\C=N\CN1C. The van der Waals surface area contributed by atoms with Crippen LogP contribution < -0.4 is 5.32 Å². The summed E-state index contributed by atoms with van der Waals surface area (Å²) in [6.07, 6.45) is 14.0. The van der Waals surface area contributed by atoms with Crippen molar-refractivity contribution >= 4 is 17.8 Å². The summed E-state index contributed by atoms with van der Waals surface area (Å²) in [6, 6.07) is 0. The second-order valence-electron chi connectivity index (χ2n) is 10.7. The monoisotopic (exact) mass is 604 g/mol. The first kappa shape index (κ1) is 33.9. The summed E-state index contributed by atoms with van der Waals surface area (Å²) >= 11 is 6.27. The number of nitrogens with one attached hydrogen (secondary N) is 1. The van der Waals surface area contributed by atoms with Gasteiger partial charge in [-0.15, -0.1) is 0 Å². The van der Waals surface area contributed by atoms with Crippen LogP contribution >= 0.6 is 11.6 Å². The molecule has 3 aliphatic heterocycles. The van der Waals surface area contributed by atoms with Crippen molar-refractivity contribution in [1.82, 2.24) is 15.1 Å². The zero-order valence-corrected chi connectivity index (χ0v) is 26.9. The Morgan fingerprint density at radius 2 is 1.95 bits per heavy atom. The lowest BCUT2D eigenvalue weighted by Crippen LogP contribution is -2.45. The van der Waals surface area contributed by atoms with E-state index in [0.717, 1.165) is 61.1 Å². The maximum Gasteiger partial charge on any atom is 0.159 e. The fraction of sp³-hybridized carbons (Fsp3) is 0.594. The lowest BCUT2D eigenvalue weighted by molar-refractivity contribution is -0.0780. The summed E-state index contributed by atoms with van der Waals surface area (Å²) in [5.41, 5.74) is 3.16. The Morgan fingerprint density at radius 1 is 1.17 bits per heavy atom. The first-order chi connectivity index (χ1) is 20.3. The van der Waals surface area contributed by atoms with E-state index in [1.807, 2.05) is 38.3 Å². The van der Waals surface area contributed by atoms with Gasteiger partial charge in [0.15, 0.2) is 6.29 Å². The van der Waals surface area contributed by atoms with Gasteiger partial charge >= 0.3 is 0 Å². The molecule has 0 amide bonds. The Morgan fingerprint density at radius 3 is 2.67 bits per heavy atom. The van der Waals surface area contributed by atoms with E-state index >= 15 is 0 Å². The number of rotatable bonds is 12. The molecule has 3 aliphatic rings. The van der Waals surface area contributed by atoms with Crippen molar-refractivity contribution in [3.05, 3.63) is 69.6 Å². The van der Waals surface area contributed by atoms with Crippen LogP contribution in [0.3, 0.4) is 0 Å². The number of morpholine rings is 1. The molecule has 3 heterocycles. The summed E-state index contributed by atoms with van der Waals surface area (Å²) in [6.45, 7) is 13.7. The third kappa shape index (κ3) is 12.0. The molecule has 0 aromatic carbocycles. The van der Waals surface area contributed by atoms with Gasteiger partial charge in [0.2, 0.25) is 0 Å². The van der Waals surface area contributed by atoms with Gasteiger partial charge in [-0.1, -0.05) is 30.2 Å². The van der Waals surface area contributed by atoms with Crippen LogP contribution in [0.4, 0.5) is 0 Å². The van der Waals surface area contributed by atoms with Gasteiger partial charge in [-0.25, -0.2) is 0 Å². The summed E-state index contributed by atoms with van der Waals surface area (Å²) in [5, 5.41) is 4.25. The lowest BCUT2D eigenvalue weighted by atomic mass is 10.2. The maximum atomic E-state index is 6.28. The molecule has 2 fully saturated rings. The predicted molar refractivity (Wildman–Crippen MR) is 169 cm³/mol. The molecule has 0 spiro atoms. The summed E-state index contributed by atoms with van der Waals surface area (Å²) in [7, 11) is 3.69. The molecule has 0 radical (unpaired) electrons. The van der Waals surface area contributed by atoms with Crippen molar-refractivity contribution in [1.29, 1.82) is 0 Å². The molecule has 2 saturated heterocycles. The molecule has 9 nitrogen and oxygen atoms in total. The number of halogens is 1. The van der Waals surface area contributed by atoms with E-state index in [-0.39, 0.29) is 12.4 Å². The summed E-state index contributed by atoms with van der Waals surface area (Å²) in [5.74, 6) is 2.45. The number of methoxy groups -OCH3 is 1. The normalized spacial score (nSPS) is 27.5. The van der Waals surface area contributed by atoms with Gasteiger partial charge in [-0.2, -0.15) is 0 Å². The van der Waals surface area contributed by atoms with Gasteiger partial charge in [0, 0.05) is 50.0 Å². The first-order valence-corrected chi connectivity index (χ1v) is 15.2. The molecule has 0 aromatic heterocycles. The summed E-state index contributed by atoms with van der Waals surface area (Å²) < 4.78 is 29.3. The van der Waals surface area contributed by atoms with Crippen LogP contribution in [-0.4, -0.2) is 95.3 Å². The molecule has 10 heteroatoms. The molecule has 42 heavy (non-hydrogen) atoms. The quantitative estimate of drug-likeness (QED) is 0.295. The molecular formula is C32H49ClN4O5. The Kier molecular flexibility index (Phi) is 14.7. The second kappa shape index (κ2) is 18.2. The number of hydrogen-bond acceptors (Lipinski definition) is 9. The topological polar surface area (TPSA) is 77.0 Å². The molecule has 1 unspecified atom stereocenters. The minimum Gasteiger partial charge on any atom is -0.501 e. The van der Waals surface area contributed by atoms with Crippen molar-refractivity contribution in [2.75, 3.05) is 66.9 Å². The average Bonchev–Trinajstić information content (AvgIpc) is 3.50. The van der Waals surface area contributed by atoms with E-state index in [4.69, 9.17) is 35.3 Å². The molecular weight excluding hydrogens is 556 g/mol. The van der Waals surface area contributed by atoms with E-state index in [1.54, 1.807) is 13.3 Å². The fourth-order valence-electron chi connectivity index (χ4n) is 4.67. The number of allylic oxidation sites excluding steroid dienone is 8. The summed E-state index contributed by atoms with van der Waals surface area (Å²) in [4.78, 5) is 9.08. The van der Waals surface area contributed by atoms with E-state index in [9.17, 15) is 0 Å². The highest BCUT2D eigenvalue weighted by Crippen LogP contribution is 2.21. The minimum absolute atomic E-state index is 0.0206. The lowest BCUT2D eigenvalue weighted by Gasteiger charge is -2.33. The van der Waals surface area contributed by atoms with Gasteiger partial charge in [0.05, 0.1) is 33.4 Å². The highest BCUT2D eigenvalue weighted by molar-refractivity contribution is 6.29. The van der Waals surface area contributed by atoms with E-state index in [2.05, 4.69) is 47.0 Å². The van der Waals surface area contributed by atoms with Crippen LogP contribution in [0.1, 0.15) is 47.0 Å². The second-order valence-corrected chi connectivity index (χ2v) is 11.3. The van der Waals surface area contributed by atoms with Gasteiger partial charge in [-0.05, 0) is 57.1 Å². The molecule has 1 N–H and O–H groups in total. The minimum atomic E-state index is -0.0869. The smallest absolute Gasteiger partial charge is 0.159 e. The highest BCUT2D eigenvalue weighted by Gasteiger charge is 2.24. The van der Waals surface area contributed by atoms with Crippen molar-refractivity contribution in [2.45, 2.75) is 59.4 Å². The molecule has 0 aromatic rings. The van der Waals surface area contributed by atoms with Crippen molar-refractivity contribution in [3.63, 3.8) is 0 Å². The molecule has 0 bridgehead atoms. The van der Waals surface area contributed by atoms with Crippen molar-refractivity contribution in [3.8, 4) is 0 Å². The number of nitrogens with zero attached hydrogens (tertiary/aromatic N) is 3. The highest BCUT2D eigenvalue weighted by atomic mass is 35.5. The van der Waals surface area contributed by atoms with E-state index in [0.29, 0.717) is 44.5 Å². The van der Waals surface area contributed by atoms with Crippen LogP contribution in [0.25, 0.3) is 0 Å². The van der Waals surface area contributed by atoms with Gasteiger partial charge in [-0.3, -0.25) is 9.89 Å². The Balaban J connectivity index is 1.70. The van der Waals surface area contributed by atoms with E-state index in [1.165, 1.54) is 5.57 Å². The average molecular weight is 605 g/mol. The Hall–Kier alpha value is -2.56. The van der Waals surface area contributed by atoms with Crippen LogP contribution in [0.5, 0.6) is 0 Å². The van der Waals surface area contributed by atoms with Crippen LogP contribution in [0.2, 0.25) is 0 Å². The zero-order valence-electron chi connectivity index (χ0n) is 26.2. The molecule has 0 saturated carbocycles. The van der Waals surface area contributed by atoms with Crippen molar-refractivity contribution < 1.29 is 23.7 Å². The third-order valence-electron chi connectivity index (χ3n) is 7.17. The van der Waals surface area contributed by atoms with Gasteiger partial charge in [0.25, 0.3) is 0 Å². The van der Waals surface area contributed by atoms with Crippen molar-refractivity contribution in [2.24, 2.45) is 4.99 Å². The van der Waals surface area contributed by atoms with Gasteiger partial charge in [0.1, 0.15) is 36.7 Å².